The average Bonchev–Trinajstić information content (AvgIpc) is 2.44. The number of carbonyl (C=O) groups excluding carboxylic acids is 1. The van der Waals surface area contributed by atoms with Gasteiger partial charge in [0.1, 0.15) is 11.5 Å². The van der Waals surface area contributed by atoms with Crippen LogP contribution >= 0.6 is 0 Å². The number of nitrogens with one attached hydrogen (secondary N) is 1. The Labute approximate surface area is 124 Å². The zero-order valence-corrected chi connectivity index (χ0v) is 12.4. The molecule has 0 aromatic heterocycles. The number of benzene rings is 1. The maximum Gasteiger partial charge on any atom is 0.258 e. The highest BCUT2D eigenvalue weighted by Gasteiger charge is 2.17. The lowest BCUT2D eigenvalue weighted by Gasteiger charge is -2.17. The number of primary amides is 1. The van der Waals surface area contributed by atoms with Gasteiger partial charge in [-0.05, 0) is 25.5 Å². The Morgan fingerprint density at radius 1 is 1.48 bits per heavy atom. The van der Waals surface area contributed by atoms with E-state index in [4.69, 9.17) is 25.7 Å². The third-order valence-corrected chi connectivity index (χ3v) is 2.81. The maximum absolute atomic E-state index is 11.2. The van der Waals surface area contributed by atoms with E-state index in [2.05, 4.69) is 0 Å². The molecule has 0 aliphatic carbocycles. The molecule has 0 saturated heterocycles. The monoisotopic (exact) mass is 294 g/mol. The Balaban J connectivity index is 2.97. The van der Waals surface area contributed by atoms with Gasteiger partial charge in [0.25, 0.3) is 5.91 Å². The number of nitrogens with two attached hydrogens (primary N) is 1. The predicted octanol–water partition coefficient (Wildman–Crippen LogP) is 1.48. The van der Waals surface area contributed by atoms with E-state index < -0.39 is 12.0 Å². The van der Waals surface area contributed by atoms with Crippen LogP contribution in [0.4, 0.5) is 0 Å². The van der Waals surface area contributed by atoms with Crippen LogP contribution in [-0.2, 0) is 4.79 Å². The highest BCUT2D eigenvalue weighted by atomic mass is 16.5. The third kappa shape index (κ3) is 5.07. The Morgan fingerprint density at radius 3 is 2.71 bits per heavy atom. The molecule has 0 heterocycles. The van der Waals surface area contributed by atoms with Crippen molar-refractivity contribution in [3.8, 4) is 11.5 Å². The second-order valence-corrected chi connectivity index (χ2v) is 4.65. The molecule has 0 aliphatic rings. The number of ether oxygens (including phenoxy) is 2. The Bertz CT molecular complexity index is 502. The van der Waals surface area contributed by atoms with Crippen LogP contribution in [0.25, 0.3) is 0 Å². The van der Waals surface area contributed by atoms with Crippen molar-refractivity contribution in [2.45, 2.75) is 32.8 Å². The maximum atomic E-state index is 11.2. The third-order valence-electron chi connectivity index (χ3n) is 2.81. The van der Waals surface area contributed by atoms with Crippen molar-refractivity contribution in [3.05, 3.63) is 23.8 Å². The molecule has 1 amide bonds. The number of amides is 1. The van der Waals surface area contributed by atoms with Gasteiger partial charge in [0, 0.05) is 30.4 Å². The van der Waals surface area contributed by atoms with Gasteiger partial charge in [-0.25, -0.2) is 0 Å². The van der Waals surface area contributed by atoms with E-state index in [1.165, 1.54) is 0 Å². The van der Waals surface area contributed by atoms with Gasteiger partial charge in [-0.1, -0.05) is 6.92 Å². The Hall–Kier alpha value is -2.08. The zero-order chi connectivity index (χ0) is 15.8. The summed E-state index contributed by atoms with van der Waals surface area (Å²) in [7, 11) is 0. The van der Waals surface area contributed by atoms with Gasteiger partial charge in [0.2, 0.25) is 0 Å². The summed E-state index contributed by atoms with van der Waals surface area (Å²) >= 11 is 0. The number of carbonyl (C=O) groups is 1. The van der Waals surface area contributed by atoms with E-state index in [9.17, 15) is 4.79 Å². The summed E-state index contributed by atoms with van der Waals surface area (Å²) in [4.78, 5) is 11.2. The summed E-state index contributed by atoms with van der Waals surface area (Å²) in [5, 5.41) is 16.6. The fourth-order valence-corrected chi connectivity index (χ4v) is 1.76. The van der Waals surface area contributed by atoms with Gasteiger partial charge < -0.3 is 25.7 Å². The van der Waals surface area contributed by atoms with E-state index in [0.717, 1.165) is 6.42 Å². The van der Waals surface area contributed by atoms with Crippen LogP contribution < -0.4 is 15.2 Å². The van der Waals surface area contributed by atoms with Crippen LogP contribution in [0.2, 0.25) is 0 Å². The number of rotatable bonds is 9. The number of aliphatic hydroxyl groups is 1. The Kier molecular flexibility index (Phi) is 6.68. The molecule has 6 nitrogen and oxygen atoms in total. The van der Waals surface area contributed by atoms with Gasteiger partial charge in [0.05, 0.1) is 6.61 Å². The lowest BCUT2D eigenvalue weighted by Crippen LogP contribution is -2.34. The van der Waals surface area contributed by atoms with E-state index in [-0.39, 0.29) is 13.0 Å². The fourth-order valence-electron chi connectivity index (χ4n) is 1.76. The van der Waals surface area contributed by atoms with E-state index in [1.54, 1.807) is 25.1 Å². The minimum absolute atomic E-state index is 0.131. The SMILES string of the molecule is CCCOc1cc(OC(CCO)C(N)=O)ccc1C(C)=N. The summed E-state index contributed by atoms with van der Waals surface area (Å²) in [6.07, 6.45) is 0.0860. The normalized spacial score (nSPS) is 11.8. The summed E-state index contributed by atoms with van der Waals surface area (Å²) in [6.45, 7) is 4.00. The fraction of sp³-hybridized carbons (Fsp3) is 0.467. The van der Waals surface area contributed by atoms with Gasteiger partial charge in [-0.15, -0.1) is 0 Å². The molecule has 21 heavy (non-hydrogen) atoms. The summed E-state index contributed by atoms with van der Waals surface area (Å²) in [5.41, 5.74) is 6.28. The first-order valence-electron chi connectivity index (χ1n) is 6.88. The molecule has 1 unspecified atom stereocenters. The molecule has 0 spiro atoms. The van der Waals surface area contributed by atoms with Crippen LogP contribution in [-0.4, -0.2) is 36.0 Å². The van der Waals surface area contributed by atoms with E-state index >= 15 is 0 Å². The molecule has 116 valence electrons. The molecule has 0 radical (unpaired) electrons. The van der Waals surface area contributed by atoms with Crippen molar-refractivity contribution in [2.75, 3.05) is 13.2 Å². The quantitative estimate of drug-likeness (QED) is 0.600. The first-order valence-corrected chi connectivity index (χ1v) is 6.88. The van der Waals surface area contributed by atoms with E-state index in [0.29, 0.717) is 29.4 Å². The first-order chi connectivity index (χ1) is 9.99. The van der Waals surface area contributed by atoms with Crippen LogP contribution in [0.15, 0.2) is 18.2 Å². The number of aliphatic hydroxyl groups excluding tert-OH is 1. The molecule has 1 aromatic rings. The average molecular weight is 294 g/mol. The minimum Gasteiger partial charge on any atom is -0.493 e. The Morgan fingerprint density at radius 2 is 2.19 bits per heavy atom. The van der Waals surface area contributed by atoms with Crippen LogP contribution in [0.5, 0.6) is 11.5 Å². The molecular formula is C15H22N2O4. The second kappa shape index (κ2) is 8.26. The van der Waals surface area contributed by atoms with Crippen molar-refractivity contribution in [1.82, 2.24) is 0 Å². The van der Waals surface area contributed by atoms with Crippen LogP contribution in [0, 0.1) is 5.41 Å². The lowest BCUT2D eigenvalue weighted by molar-refractivity contribution is -0.125. The van der Waals surface area contributed by atoms with Gasteiger partial charge >= 0.3 is 0 Å². The van der Waals surface area contributed by atoms with Gasteiger partial charge in [-0.2, -0.15) is 0 Å². The van der Waals surface area contributed by atoms with Crippen LogP contribution in [0.1, 0.15) is 32.3 Å². The summed E-state index contributed by atoms with van der Waals surface area (Å²) in [6, 6.07) is 5.00. The highest BCUT2D eigenvalue weighted by Crippen LogP contribution is 2.26. The molecule has 1 aromatic carbocycles. The number of hydrogen-bond donors (Lipinski definition) is 3. The first kappa shape index (κ1) is 17.0. The van der Waals surface area contributed by atoms with Crippen molar-refractivity contribution in [2.24, 2.45) is 5.73 Å². The largest absolute Gasteiger partial charge is 0.493 e. The number of hydrogen-bond acceptors (Lipinski definition) is 5. The summed E-state index contributed by atoms with van der Waals surface area (Å²) in [5.74, 6) is 0.324. The standard InChI is InChI=1S/C15H22N2O4/c1-3-8-20-14-9-11(4-5-12(14)10(2)16)21-13(6-7-18)15(17)19/h4-5,9,13,16,18H,3,6-8H2,1-2H3,(H2,17,19). The molecule has 0 fully saturated rings. The van der Waals surface area contributed by atoms with Crippen molar-refractivity contribution in [3.63, 3.8) is 0 Å². The topological polar surface area (TPSA) is 106 Å². The van der Waals surface area contributed by atoms with Gasteiger partial charge in [0.15, 0.2) is 6.10 Å². The molecule has 6 heteroatoms. The smallest absolute Gasteiger partial charge is 0.258 e. The van der Waals surface area contributed by atoms with Crippen molar-refractivity contribution in [1.29, 1.82) is 5.41 Å². The molecule has 1 atom stereocenters. The van der Waals surface area contributed by atoms with Crippen LogP contribution in [0.3, 0.4) is 0 Å². The zero-order valence-electron chi connectivity index (χ0n) is 12.4. The molecule has 0 aliphatic heterocycles. The molecular weight excluding hydrogens is 272 g/mol. The molecule has 4 N–H and O–H groups in total. The van der Waals surface area contributed by atoms with Crippen molar-refractivity contribution >= 4 is 11.6 Å². The van der Waals surface area contributed by atoms with Gasteiger partial charge in [-0.3, -0.25) is 4.79 Å². The predicted molar refractivity (Wildman–Crippen MR) is 80.0 cm³/mol. The minimum atomic E-state index is -0.888. The lowest BCUT2D eigenvalue weighted by atomic mass is 10.1. The summed E-state index contributed by atoms with van der Waals surface area (Å²) < 4.78 is 11.1. The second-order valence-electron chi connectivity index (χ2n) is 4.65. The molecule has 0 saturated carbocycles. The molecule has 1 rings (SSSR count). The van der Waals surface area contributed by atoms with E-state index in [1.807, 2.05) is 6.92 Å². The highest BCUT2D eigenvalue weighted by molar-refractivity contribution is 5.99. The molecule has 0 bridgehead atoms. The van der Waals surface area contributed by atoms with Crippen molar-refractivity contribution < 1.29 is 19.4 Å².